The molecule has 2 N–H and O–H groups in total. The van der Waals surface area contributed by atoms with Crippen molar-refractivity contribution < 1.29 is 14.7 Å². The molecule has 2 rings (SSSR count). The molecule has 20 heavy (non-hydrogen) atoms. The molecule has 0 aliphatic heterocycles. The van der Waals surface area contributed by atoms with E-state index >= 15 is 0 Å². The van der Waals surface area contributed by atoms with Gasteiger partial charge in [-0.05, 0) is 22.9 Å². The van der Waals surface area contributed by atoms with Crippen molar-refractivity contribution in [3.05, 3.63) is 48.0 Å². The molecule has 0 heterocycles. The van der Waals surface area contributed by atoms with E-state index in [1.54, 1.807) is 12.1 Å². The maximum absolute atomic E-state index is 12.0. The molecule has 0 fully saturated rings. The van der Waals surface area contributed by atoms with Crippen molar-refractivity contribution >= 4 is 22.6 Å². The van der Waals surface area contributed by atoms with E-state index in [2.05, 4.69) is 11.2 Å². The summed E-state index contributed by atoms with van der Waals surface area (Å²) in [7, 11) is 0. The Hall–Kier alpha value is -2.80. The molecule has 0 aliphatic carbocycles. The maximum atomic E-state index is 12.0. The SMILES string of the molecule is C#CC[C@H](NC(=O)c1ccc2ccccc2c1)C(=O)O. The van der Waals surface area contributed by atoms with Crippen molar-refractivity contribution in [2.24, 2.45) is 0 Å². The van der Waals surface area contributed by atoms with Crippen LogP contribution in [0, 0.1) is 12.3 Å². The number of aliphatic carboxylic acids is 1. The summed E-state index contributed by atoms with van der Waals surface area (Å²) in [5, 5.41) is 13.3. The minimum atomic E-state index is -1.14. The number of fused-ring (bicyclic) bond motifs is 1. The Kier molecular flexibility index (Phi) is 4.02. The predicted molar refractivity (Wildman–Crippen MR) is 76.3 cm³/mol. The molecule has 0 radical (unpaired) electrons. The number of rotatable bonds is 4. The second-order valence-electron chi connectivity index (χ2n) is 4.33. The number of hydrogen-bond acceptors (Lipinski definition) is 2. The molecule has 0 bridgehead atoms. The van der Waals surface area contributed by atoms with Crippen LogP contribution in [0.1, 0.15) is 16.8 Å². The summed E-state index contributed by atoms with van der Waals surface area (Å²) in [4.78, 5) is 23.0. The summed E-state index contributed by atoms with van der Waals surface area (Å²) in [6.45, 7) is 0. The standard InChI is InChI=1S/C16H13NO3/c1-2-5-14(16(19)20)17-15(18)13-9-8-11-6-3-4-7-12(11)10-13/h1,3-4,6-10,14H,5H2,(H,17,18)(H,19,20)/t14-/m0/s1. The Morgan fingerprint density at radius 3 is 2.55 bits per heavy atom. The molecule has 1 atom stereocenters. The fraction of sp³-hybridized carbons (Fsp3) is 0.125. The molecular formula is C16H13NO3. The van der Waals surface area contributed by atoms with Crippen LogP contribution < -0.4 is 5.32 Å². The third-order valence-electron chi connectivity index (χ3n) is 2.94. The van der Waals surface area contributed by atoms with E-state index < -0.39 is 17.9 Å². The van der Waals surface area contributed by atoms with Crippen molar-refractivity contribution in [3.63, 3.8) is 0 Å². The summed E-state index contributed by atoms with van der Waals surface area (Å²) in [5.41, 5.74) is 0.409. The fourth-order valence-electron chi connectivity index (χ4n) is 1.89. The van der Waals surface area contributed by atoms with E-state index in [0.717, 1.165) is 10.8 Å². The number of amides is 1. The maximum Gasteiger partial charge on any atom is 0.327 e. The van der Waals surface area contributed by atoms with Gasteiger partial charge in [-0.15, -0.1) is 12.3 Å². The highest BCUT2D eigenvalue weighted by atomic mass is 16.4. The van der Waals surface area contributed by atoms with Gasteiger partial charge in [0.2, 0.25) is 0 Å². The van der Waals surface area contributed by atoms with Crippen LogP contribution in [-0.4, -0.2) is 23.0 Å². The molecule has 0 unspecified atom stereocenters. The van der Waals surface area contributed by atoms with Gasteiger partial charge in [-0.1, -0.05) is 30.3 Å². The Balaban J connectivity index is 2.22. The van der Waals surface area contributed by atoms with Crippen molar-refractivity contribution in [1.82, 2.24) is 5.32 Å². The average molecular weight is 267 g/mol. The largest absolute Gasteiger partial charge is 0.480 e. The first-order valence-corrected chi connectivity index (χ1v) is 6.08. The number of carbonyl (C=O) groups is 2. The topological polar surface area (TPSA) is 66.4 Å². The summed E-state index contributed by atoms with van der Waals surface area (Å²) in [6, 6.07) is 11.8. The molecular weight excluding hydrogens is 254 g/mol. The zero-order valence-corrected chi connectivity index (χ0v) is 10.7. The molecule has 1 amide bonds. The van der Waals surface area contributed by atoms with E-state index in [0.29, 0.717) is 5.56 Å². The normalized spacial score (nSPS) is 11.6. The van der Waals surface area contributed by atoms with Gasteiger partial charge < -0.3 is 10.4 Å². The molecule has 0 aromatic heterocycles. The summed E-state index contributed by atoms with van der Waals surface area (Å²) in [5.74, 6) is 0.653. The van der Waals surface area contributed by atoms with Crippen molar-refractivity contribution in [3.8, 4) is 12.3 Å². The Bertz CT molecular complexity index is 700. The van der Waals surface area contributed by atoms with Gasteiger partial charge in [-0.25, -0.2) is 4.79 Å². The fourth-order valence-corrected chi connectivity index (χ4v) is 1.89. The molecule has 0 spiro atoms. The van der Waals surface area contributed by atoms with Crippen LogP contribution in [0.15, 0.2) is 42.5 Å². The molecule has 0 saturated carbocycles. The molecule has 2 aromatic carbocycles. The Labute approximate surface area is 116 Å². The van der Waals surface area contributed by atoms with Gasteiger partial charge in [0.25, 0.3) is 5.91 Å². The highest BCUT2D eigenvalue weighted by Gasteiger charge is 2.19. The third-order valence-corrected chi connectivity index (χ3v) is 2.94. The van der Waals surface area contributed by atoms with Gasteiger partial charge in [0.05, 0.1) is 0 Å². The lowest BCUT2D eigenvalue weighted by atomic mass is 10.1. The average Bonchev–Trinajstić information content (AvgIpc) is 2.46. The monoisotopic (exact) mass is 267 g/mol. The van der Waals surface area contributed by atoms with E-state index in [9.17, 15) is 9.59 Å². The molecule has 100 valence electrons. The van der Waals surface area contributed by atoms with Crippen LogP contribution >= 0.6 is 0 Å². The minimum absolute atomic E-state index is 0.0470. The van der Waals surface area contributed by atoms with Crippen LogP contribution in [0.25, 0.3) is 10.8 Å². The summed E-state index contributed by atoms with van der Waals surface area (Å²) in [6.07, 6.45) is 5.04. The number of carbonyl (C=O) groups excluding carboxylic acids is 1. The van der Waals surface area contributed by atoms with Crippen LogP contribution in [0.5, 0.6) is 0 Å². The number of carboxylic acids is 1. The first-order chi connectivity index (χ1) is 9.61. The lowest BCUT2D eigenvalue weighted by molar-refractivity contribution is -0.139. The quantitative estimate of drug-likeness (QED) is 0.833. The van der Waals surface area contributed by atoms with E-state index in [1.165, 1.54) is 0 Å². The Morgan fingerprint density at radius 1 is 1.20 bits per heavy atom. The van der Waals surface area contributed by atoms with Gasteiger partial charge in [0.1, 0.15) is 6.04 Å². The van der Waals surface area contributed by atoms with E-state index in [1.807, 2.05) is 30.3 Å². The van der Waals surface area contributed by atoms with Crippen LogP contribution in [-0.2, 0) is 4.79 Å². The van der Waals surface area contributed by atoms with Gasteiger partial charge in [0.15, 0.2) is 0 Å². The second-order valence-corrected chi connectivity index (χ2v) is 4.33. The van der Waals surface area contributed by atoms with Gasteiger partial charge in [0, 0.05) is 12.0 Å². The molecule has 2 aromatic rings. The van der Waals surface area contributed by atoms with Crippen LogP contribution in [0.3, 0.4) is 0 Å². The Morgan fingerprint density at radius 2 is 1.90 bits per heavy atom. The van der Waals surface area contributed by atoms with Crippen LogP contribution in [0.2, 0.25) is 0 Å². The van der Waals surface area contributed by atoms with Gasteiger partial charge >= 0.3 is 5.97 Å². The molecule has 0 aliphatic rings. The minimum Gasteiger partial charge on any atom is -0.480 e. The number of benzene rings is 2. The summed E-state index contributed by atoms with van der Waals surface area (Å²) >= 11 is 0. The lowest BCUT2D eigenvalue weighted by Crippen LogP contribution is -2.40. The highest BCUT2D eigenvalue weighted by Crippen LogP contribution is 2.15. The number of terminal acetylenes is 1. The molecule has 4 nitrogen and oxygen atoms in total. The van der Waals surface area contributed by atoms with Crippen molar-refractivity contribution in [2.75, 3.05) is 0 Å². The second kappa shape index (κ2) is 5.89. The van der Waals surface area contributed by atoms with Crippen LogP contribution in [0.4, 0.5) is 0 Å². The number of carboxylic acid groups (broad SMARTS) is 1. The van der Waals surface area contributed by atoms with Crippen molar-refractivity contribution in [1.29, 1.82) is 0 Å². The highest BCUT2D eigenvalue weighted by molar-refractivity contribution is 6.00. The molecule has 4 heteroatoms. The van der Waals surface area contributed by atoms with Crippen molar-refractivity contribution in [2.45, 2.75) is 12.5 Å². The summed E-state index contributed by atoms with van der Waals surface area (Å²) < 4.78 is 0. The zero-order chi connectivity index (χ0) is 14.5. The van der Waals surface area contributed by atoms with E-state index in [-0.39, 0.29) is 6.42 Å². The number of hydrogen-bond donors (Lipinski definition) is 2. The van der Waals surface area contributed by atoms with Gasteiger partial charge in [-0.3, -0.25) is 4.79 Å². The lowest BCUT2D eigenvalue weighted by Gasteiger charge is -2.12. The number of nitrogens with one attached hydrogen (secondary N) is 1. The van der Waals surface area contributed by atoms with Gasteiger partial charge in [-0.2, -0.15) is 0 Å². The molecule has 0 saturated heterocycles. The third kappa shape index (κ3) is 2.96. The predicted octanol–water partition coefficient (Wildman–Crippen LogP) is 2.05. The first kappa shape index (κ1) is 13.6. The first-order valence-electron chi connectivity index (χ1n) is 6.08. The van der Waals surface area contributed by atoms with E-state index in [4.69, 9.17) is 11.5 Å². The smallest absolute Gasteiger partial charge is 0.327 e. The zero-order valence-electron chi connectivity index (χ0n) is 10.7.